The number of halogens is 1. The van der Waals surface area contributed by atoms with Gasteiger partial charge < -0.3 is 22.5 Å². The average molecular weight is 348 g/mol. The van der Waals surface area contributed by atoms with Gasteiger partial charge in [0.15, 0.2) is 28.4 Å². The molecule has 9 heteroatoms. The second-order valence-corrected chi connectivity index (χ2v) is 5.31. The highest BCUT2D eigenvalue weighted by Crippen LogP contribution is 2.21. The van der Waals surface area contributed by atoms with Gasteiger partial charge in [-0.1, -0.05) is 41.9 Å². The Balaban J connectivity index is 1.98. The molecule has 126 valence electrons. The van der Waals surface area contributed by atoms with Gasteiger partial charge in [-0.2, -0.15) is 4.99 Å². The lowest BCUT2D eigenvalue weighted by Crippen LogP contribution is -2.25. The maximum Gasteiger partial charge on any atom is 0.302 e. The molecule has 0 saturated heterocycles. The largest absolute Gasteiger partial charge is 0.382 e. The zero-order chi connectivity index (χ0) is 17.5. The Bertz CT molecular complexity index is 745. The number of nitrogens with one attached hydrogen (secondary N) is 1. The molecule has 0 atom stereocenters. The first-order valence-electron chi connectivity index (χ1n) is 7.22. The van der Waals surface area contributed by atoms with Crippen molar-refractivity contribution < 1.29 is 4.79 Å². The van der Waals surface area contributed by atoms with E-state index in [1.807, 2.05) is 18.2 Å². The second-order valence-electron chi connectivity index (χ2n) is 4.95. The Morgan fingerprint density at radius 2 is 1.92 bits per heavy atom. The fraction of sp³-hybridized carbons (Fsp3) is 0.200. The maximum absolute atomic E-state index is 11.7. The molecule has 1 aromatic carbocycles. The van der Waals surface area contributed by atoms with Crippen LogP contribution in [0.3, 0.4) is 0 Å². The van der Waals surface area contributed by atoms with Crippen LogP contribution < -0.4 is 22.5 Å². The summed E-state index contributed by atoms with van der Waals surface area (Å²) in [6.45, 7) is 0.629. The topological polar surface area (TPSA) is 145 Å². The summed E-state index contributed by atoms with van der Waals surface area (Å²) in [6, 6.07) is 10.1. The summed E-state index contributed by atoms with van der Waals surface area (Å²) >= 11 is 6.02. The lowest BCUT2D eigenvalue weighted by Gasteiger charge is -2.09. The third kappa shape index (κ3) is 4.82. The van der Waals surface area contributed by atoms with Crippen LogP contribution in [0.4, 0.5) is 11.6 Å². The minimum atomic E-state index is -0.794. The summed E-state index contributed by atoms with van der Waals surface area (Å²) < 4.78 is 0. The number of nitrogens with two attached hydrogens (primary N) is 3. The van der Waals surface area contributed by atoms with E-state index in [9.17, 15) is 4.79 Å². The normalized spacial score (nSPS) is 10.2. The number of aryl methyl sites for hydroxylation is 1. The molecule has 0 fully saturated rings. The van der Waals surface area contributed by atoms with Crippen LogP contribution in [0.2, 0.25) is 5.15 Å². The molecule has 2 rings (SSSR count). The fourth-order valence-corrected chi connectivity index (χ4v) is 2.21. The summed E-state index contributed by atoms with van der Waals surface area (Å²) in [7, 11) is 0. The van der Waals surface area contributed by atoms with Crippen molar-refractivity contribution in [1.29, 1.82) is 0 Å². The molecule has 0 unspecified atom stereocenters. The molecule has 2 aromatic rings. The number of hydrogen-bond acceptors (Lipinski definition) is 5. The van der Waals surface area contributed by atoms with E-state index in [4.69, 9.17) is 28.8 Å². The van der Waals surface area contributed by atoms with Crippen LogP contribution in [-0.2, 0) is 6.42 Å². The number of carbonyl (C=O) groups excluding carboxylic acids is 1. The van der Waals surface area contributed by atoms with Gasteiger partial charge in [0.25, 0.3) is 0 Å². The molecular weight excluding hydrogens is 330 g/mol. The number of aliphatic imine (C=N–C) groups is 1. The first kappa shape index (κ1) is 17.5. The van der Waals surface area contributed by atoms with Crippen molar-refractivity contribution in [2.45, 2.75) is 12.8 Å². The quantitative estimate of drug-likeness (QED) is 0.348. The van der Waals surface area contributed by atoms with Gasteiger partial charge in [0.05, 0.1) is 0 Å². The Morgan fingerprint density at radius 3 is 2.58 bits per heavy atom. The third-order valence-corrected chi connectivity index (χ3v) is 3.35. The molecule has 0 bridgehead atoms. The predicted octanol–water partition coefficient (Wildman–Crippen LogP) is 1.17. The van der Waals surface area contributed by atoms with Gasteiger partial charge in [0.2, 0.25) is 0 Å². The first-order valence-corrected chi connectivity index (χ1v) is 7.60. The predicted molar refractivity (Wildman–Crippen MR) is 94.8 cm³/mol. The van der Waals surface area contributed by atoms with E-state index in [0.29, 0.717) is 12.4 Å². The van der Waals surface area contributed by atoms with Gasteiger partial charge in [-0.15, -0.1) is 0 Å². The third-order valence-electron chi connectivity index (χ3n) is 3.09. The zero-order valence-electron chi connectivity index (χ0n) is 12.9. The minimum absolute atomic E-state index is 0.0260. The number of nitrogen functional groups attached to an aromatic ring is 1. The molecule has 0 spiro atoms. The number of anilines is 2. The van der Waals surface area contributed by atoms with E-state index in [1.54, 1.807) is 0 Å². The van der Waals surface area contributed by atoms with Crippen molar-refractivity contribution in [1.82, 2.24) is 9.97 Å². The molecule has 1 aromatic heterocycles. The lowest BCUT2D eigenvalue weighted by atomic mass is 10.1. The Labute approximate surface area is 144 Å². The molecular formula is C15H18ClN7O. The van der Waals surface area contributed by atoms with Crippen molar-refractivity contribution in [2.75, 3.05) is 17.6 Å². The van der Waals surface area contributed by atoms with Crippen molar-refractivity contribution in [3.05, 3.63) is 46.7 Å². The van der Waals surface area contributed by atoms with Gasteiger partial charge in [0, 0.05) is 6.54 Å². The van der Waals surface area contributed by atoms with Gasteiger partial charge in [-0.25, -0.2) is 9.97 Å². The van der Waals surface area contributed by atoms with E-state index < -0.39 is 5.91 Å². The van der Waals surface area contributed by atoms with Crippen LogP contribution in [0, 0.1) is 0 Å². The highest BCUT2D eigenvalue weighted by molar-refractivity contribution is 6.32. The minimum Gasteiger partial charge on any atom is -0.382 e. The highest BCUT2D eigenvalue weighted by Gasteiger charge is 2.16. The lowest BCUT2D eigenvalue weighted by molar-refractivity contribution is 0.0998. The van der Waals surface area contributed by atoms with E-state index in [1.165, 1.54) is 5.56 Å². The molecule has 0 aliphatic heterocycles. The summed E-state index contributed by atoms with van der Waals surface area (Å²) in [6.07, 6.45) is 1.78. The summed E-state index contributed by atoms with van der Waals surface area (Å²) in [5.41, 5.74) is 17.1. The van der Waals surface area contributed by atoms with Gasteiger partial charge in [0.1, 0.15) is 0 Å². The van der Waals surface area contributed by atoms with Crippen LogP contribution in [0.25, 0.3) is 0 Å². The number of aromatic nitrogens is 2. The number of carbonyl (C=O) groups is 1. The van der Waals surface area contributed by atoms with E-state index >= 15 is 0 Å². The molecule has 1 amide bonds. The van der Waals surface area contributed by atoms with E-state index in [-0.39, 0.29) is 22.6 Å². The van der Waals surface area contributed by atoms with E-state index in [0.717, 1.165) is 12.8 Å². The standard InChI is InChI=1S/C15H18ClN7O/c16-11-13(20-8-4-7-9-5-2-1-3-6-9)22-12(17)10(21-11)14(24)23-15(18)19/h1-3,5-6H,4,7-8H2,(H3,17,20,22)(H4,18,19,23,24). The molecule has 0 aliphatic carbocycles. The fourth-order valence-electron chi connectivity index (χ4n) is 2.01. The maximum atomic E-state index is 11.7. The monoisotopic (exact) mass is 347 g/mol. The number of hydrogen-bond donors (Lipinski definition) is 4. The van der Waals surface area contributed by atoms with Crippen LogP contribution >= 0.6 is 11.6 Å². The molecule has 0 aliphatic rings. The zero-order valence-corrected chi connectivity index (χ0v) is 13.6. The van der Waals surface area contributed by atoms with Crippen LogP contribution in [0.1, 0.15) is 22.5 Å². The number of guanidine groups is 1. The Morgan fingerprint density at radius 1 is 1.21 bits per heavy atom. The molecule has 8 nitrogen and oxygen atoms in total. The molecule has 1 heterocycles. The van der Waals surface area contributed by atoms with Gasteiger partial charge >= 0.3 is 5.91 Å². The van der Waals surface area contributed by atoms with E-state index in [2.05, 4.69) is 32.4 Å². The molecule has 0 saturated carbocycles. The SMILES string of the molecule is NC(N)=NC(=O)c1nc(Cl)c(NCCCc2ccccc2)nc1N. The summed E-state index contributed by atoms with van der Waals surface area (Å²) in [4.78, 5) is 23.1. The van der Waals surface area contributed by atoms with Crippen molar-refractivity contribution in [2.24, 2.45) is 16.5 Å². The van der Waals surface area contributed by atoms with Crippen LogP contribution in [0.5, 0.6) is 0 Å². The molecule has 0 radical (unpaired) electrons. The average Bonchev–Trinajstić information content (AvgIpc) is 2.54. The summed E-state index contributed by atoms with van der Waals surface area (Å²) in [5.74, 6) is -0.971. The highest BCUT2D eigenvalue weighted by atomic mass is 35.5. The first-order chi connectivity index (χ1) is 11.5. The number of nitrogens with zero attached hydrogens (tertiary/aromatic N) is 3. The smallest absolute Gasteiger partial charge is 0.302 e. The molecule has 24 heavy (non-hydrogen) atoms. The molecule has 7 N–H and O–H groups in total. The van der Waals surface area contributed by atoms with Crippen molar-refractivity contribution in [3.63, 3.8) is 0 Å². The Kier molecular flexibility index (Phi) is 5.91. The van der Waals surface area contributed by atoms with Crippen molar-refractivity contribution >= 4 is 35.1 Å². The number of rotatable bonds is 6. The van der Waals surface area contributed by atoms with Crippen LogP contribution in [0.15, 0.2) is 35.3 Å². The van der Waals surface area contributed by atoms with Gasteiger partial charge in [-0.3, -0.25) is 4.79 Å². The van der Waals surface area contributed by atoms with Crippen LogP contribution in [-0.4, -0.2) is 28.4 Å². The van der Waals surface area contributed by atoms with Gasteiger partial charge in [-0.05, 0) is 18.4 Å². The second kappa shape index (κ2) is 8.11. The number of benzene rings is 1. The van der Waals surface area contributed by atoms with Crippen molar-refractivity contribution in [3.8, 4) is 0 Å². The number of amides is 1. The summed E-state index contributed by atoms with van der Waals surface area (Å²) in [5, 5.41) is 3.07. The Hall–Kier alpha value is -2.87.